The fourth-order valence-electron chi connectivity index (χ4n) is 3.15. The molecule has 24 heavy (non-hydrogen) atoms. The van der Waals surface area contributed by atoms with Crippen molar-refractivity contribution in [3.8, 4) is 0 Å². The molecule has 0 bridgehead atoms. The number of nitrogens with zero attached hydrogens (tertiary/aromatic N) is 4. The van der Waals surface area contributed by atoms with Crippen LogP contribution in [0.15, 0.2) is 24.4 Å². The Morgan fingerprint density at radius 2 is 1.88 bits per heavy atom. The van der Waals surface area contributed by atoms with Gasteiger partial charge >= 0.3 is 0 Å². The van der Waals surface area contributed by atoms with Gasteiger partial charge in [-0.15, -0.1) is 0 Å². The molecule has 1 saturated heterocycles. The maximum atomic E-state index is 12.6. The Morgan fingerprint density at radius 3 is 2.54 bits per heavy atom. The summed E-state index contributed by atoms with van der Waals surface area (Å²) in [6.45, 7) is 10.1. The van der Waals surface area contributed by atoms with Crippen LogP contribution in [-0.2, 0) is 4.79 Å². The van der Waals surface area contributed by atoms with Crippen molar-refractivity contribution in [1.82, 2.24) is 19.6 Å². The first-order valence-electron chi connectivity index (χ1n) is 8.66. The van der Waals surface area contributed by atoms with Gasteiger partial charge in [0.15, 0.2) is 0 Å². The van der Waals surface area contributed by atoms with Gasteiger partial charge in [-0.1, -0.05) is 0 Å². The molecule has 0 saturated carbocycles. The van der Waals surface area contributed by atoms with Crippen LogP contribution < -0.4 is 5.32 Å². The summed E-state index contributed by atoms with van der Waals surface area (Å²) in [5.74, 6) is 0.0505. The molecule has 2 aromatic rings. The molecule has 0 unspecified atom stereocenters. The first kappa shape index (κ1) is 16.9. The number of hydrogen-bond donors (Lipinski definition) is 1. The number of hydrogen-bond acceptors (Lipinski definition) is 4. The third kappa shape index (κ3) is 3.44. The number of anilines is 1. The van der Waals surface area contributed by atoms with Crippen LogP contribution in [0.25, 0.3) is 10.9 Å². The van der Waals surface area contributed by atoms with Crippen molar-refractivity contribution in [1.29, 1.82) is 0 Å². The maximum Gasteiger partial charge on any atom is 0.241 e. The molecule has 0 radical (unpaired) electrons. The van der Waals surface area contributed by atoms with Crippen LogP contribution in [0.5, 0.6) is 0 Å². The zero-order valence-corrected chi connectivity index (χ0v) is 15.0. The number of carbonyl (C=O) groups is 1. The van der Waals surface area contributed by atoms with Gasteiger partial charge in [0.05, 0.1) is 17.8 Å². The van der Waals surface area contributed by atoms with E-state index in [0.717, 1.165) is 42.8 Å². The molecule has 1 aliphatic rings. The Hall–Kier alpha value is -1.92. The van der Waals surface area contributed by atoms with Gasteiger partial charge in [-0.3, -0.25) is 14.4 Å². The first-order chi connectivity index (χ1) is 11.5. The zero-order valence-electron chi connectivity index (χ0n) is 15.0. The van der Waals surface area contributed by atoms with E-state index in [-0.39, 0.29) is 18.0 Å². The van der Waals surface area contributed by atoms with Crippen molar-refractivity contribution in [3.05, 3.63) is 24.4 Å². The summed E-state index contributed by atoms with van der Waals surface area (Å²) >= 11 is 0. The van der Waals surface area contributed by atoms with Crippen molar-refractivity contribution in [2.24, 2.45) is 0 Å². The van der Waals surface area contributed by atoms with Crippen LogP contribution >= 0.6 is 0 Å². The van der Waals surface area contributed by atoms with Crippen molar-refractivity contribution < 1.29 is 4.79 Å². The Morgan fingerprint density at radius 1 is 1.17 bits per heavy atom. The molecule has 1 aromatic heterocycles. The summed E-state index contributed by atoms with van der Waals surface area (Å²) in [6, 6.07) is 6.14. The lowest BCUT2D eigenvalue weighted by Crippen LogP contribution is -2.51. The highest BCUT2D eigenvalue weighted by molar-refractivity contribution is 5.96. The average Bonchev–Trinajstić information content (AvgIpc) is 2.98. The van der Waals surface area contributed by atoms with E-state index in [1.807, 2.05) is 36.0 Å². The molecule has 1 aliphatic heterocycles. The lowest BCUT2D eigenvalue weighted by molar-refractivity contribution is -0.121. The number of benzene rings is 1. The second kappa shape index (κ2) is 6.91. The minimum atomic E-state index is -0.121. The minimum absolute atomic E-state index is 0.0505. The Labute approximate surface area is 143 Å². The molecule has 6 heteroatoms. The first-order valence-corrected chi connectivity index (χ1v) is 8.66. The molecule has 2 heterocycles. The van der Waals surface area contributed by atoms with E-state index in [2.05, 4.69) is 41.1 Å². The zero-order chi connectivity index (χ0) is 17.3. The lowest BCUT2D eigenvalue weighted by Gasteiger charge is -2.35. The molecular formula is C18H27N5O. The molecule has 130 valence electrons. The summed E-state index contributed by atoms with van der Waals surface area (Å²) in [4.78, 5) is 17.1. The molecule has 1 aromatic carbocycles. The average molecular weight is 329 g/mol. The summed E-state index contributed by atoms with van der Waals surface area (Å²) in [5, 5.41) is 8.58. The number of carbonyl (C=O) groups excluding carboxylic acids is 1. The van der Waals surface area contributed by atoms with E-state index in [9.17, 15) is 4.79 Å². The lowest BCUT2D eigenvalue weighted by atomic mass is 10.2. The second-order valence-electron chi connectivity index (χ2n) is 6.96. The molecule has 1 atom stereocenters. The molecule has 1 amide bonds. The van der Waals surface area contributed by atoms with Gasteiger partial charge in [-0.25, -0.2) is 0 Å². The van der Waals surface area contributed by atoms with Crippen molar-refractivity contribution in [2.75, 3.05) is 38.5 Å². The summed E-state index contributed by atoms with van der Waals surface area (Å²) < 4.78 is 1.98. The van der Waals surface area contributed by atoms with E-state index in [4.69, 9.17) is 0 Å². The van der Waals surface area contributed by atoms with Gasteiger partial charge in [0.2, 0.25) is 5.91 Å². The van der Waals surface area contributed by atoms with Gasteiger partial charge in [0.1, 0.15) is 0 Å². The Kier molecular flexibility index (Phi) is 4.87. The topological polar surface area (TPSA) is 53.4 Å². The third-order valence-corrected chi connectivity index (χ3v) is 4.82. The second-order valence-corrected chi connectivity index (χ2v) is 6.96. The van der Waals surface area contributed by atoms with E-state index in [1.54, 1.807) is 0 Å². The number of fused-ring (bicyclic) bond motifs is 1. The van der Waals surface area contributed by atoms with E-state index >= 15 is 0 Å². The van der Waals surface area contributed by atoms with Crippen LogP contribution in [0.3, 0.4) is 0 Å². The molecule has 0 aliphatic carbocycles. The monoisotopic (exact) mass is 329 g/mol. The van der Waals surface area contributed by atoms with Gasteiger partial charge in [0, 0.05) is 43.3 Å². The largest absolute Gasteiger partial charge is 0.325 e. The van der Waals surface area contributed by atoms with E-state index < -0.39 is 0 Å². The van der Waals surface area contributed by atoms with Gasteiger partial charge in [0.25, 0.3) is 0 Å². The standard InChI is InChI=1S/C18H27N5O/c1-13(2)23-17-11-16(6-5-15(17)12-19-23)20-18(24)14(3)22-9-7-21(4)8-10-22/h5-6,11-14H,7-10H2,1-4H3,(H,20,24)/t14-/m1/s1. The number of aromatic nitrogens is 2. The predicted octanol–water partition coefficient (Wildman–Crippen LogP) is 2.19. The van der Waals surface area contributed by atoms with Crippen LogP contribution in [0, 0.1) is 0 Å². The summed E-state index contributed by atoms with van der Waals surface area (Å²) in [5.41, 5.74) is 1.88. The number of likely N-dealkylation sites (N-methyl/N-ethyl adjacent to an activating group) is 1. The molecule has 0 spiro atoms. The highest BCUT2D eigenvalue weighted by Crippen LogP contribution is 2.22. The number of amides is 1. The van der Waals surface area contributed by atoms with Crippen molar-refractivity contribution in [3.63, 3.8) is 0 Å². The van der Waals surface area contributed by atoms with Crippen LogP contribution in [0.4, 0.5) is 5.69 Å². The van der Waals surface area contributed by atoms with Crippen molar-refractivity contribution in [2.45, 2.75) is 32.9 Å². The molecule has 3 rings (SSSR count). The van der Waals surface area contributed by atoms with Crippen LogP contribution in [0.1, 0.15) is 26.8 Å². The quantitative estimate of drug-likeness (QED) is 0.934. The molecule has 1 N–H and O–H groups in total. The smallest absolute Gasteiger partial charge is 0.241 e. The Bertz CT molecular complexity index is 715. The molecule has 1 fully saturated rings. The van der Waals surface area contributed by atoms with E-state index in [1.165, 1.54) is 0 Å². The number of nitrogens with one attached hydrogen (secondary N) is 1. The fraction of sp³-hybridized carbons (Fsp3) is 0.556. The highest BCUT2D eigenvalue weighted by Gasteiger charge is 2.24. The molecule has 6 nitrogen and oxygen atoms in total. The Balaban J connectivity index is 1.71. The SMILES string of the molecule is CC(C)n1ncc2ccc(NC(=O)[C@@H](C)N3CCN(C)CC3)cc21. The van der Waals surface area contributed by atoms with Crippen LogP contribution in [-0.4, -0.2) is 64.8 Å². The number of rotatable bonds is 4. The van der Waals surface area contributed by atoms with Gasteiger partial charge in [-0.2, -0.15) is 5.10 Å². The fourth-order valence-corrected chi connectivity index (χ4v) is 3.15. The summed E-state index contributed by atoms with van der Waals surface area (Å²) in [7, 11) is 2.12. The summed E-state index contributed by atoms with van der Waals surface area (Å²) in [6.07, 6.45) is 1.87. The van der Waals surface area contributed by atoms with Gasteiger partial charge < -0.3 is 10.2 Å². The third-order valence-electron chi connectivity index (χ3n) is 4.82. The maximum absolute atomic E-state index is 12.6. The van der Waals surface area contributed by atoms with Gasteiger partial charge in [-0.05, 0) is 46.0 Å². The molecular weight excluding hydrogens is 302 g/mol. The normalized spacial score (nSPS) is 18.2. The predicted molar refractivity (Wildman–Crippen MR) is 97.3 cm³/mol. The van der Waals surface area contributed by atoms with E-state index in [0.29, 0.717) is 0 Å². The minimum Gasteiger partial charge on any atom is -0.325 e. The van der Waals surface area contributed by atoms with Crippen LogP contribution in [0.2, 0.25) is 0 Å². The number of piperazine rings is 1. The highest BCUT2D eigenvalue weighted by atomic mass is 16.2. The van der Waals surface area contributed by atoms with Crippen molar-refractivity contribution >= 4 is 22.5 Å².